The fourth-order valence-corrected chi connectivity index (χ4v) is 3.14. The molecular formula is C17H24N2O8. The highest BCUT2D eigenvalue weighted by Crippen LogP contribution is 2.33. The molecule has 10 nitrogen and oxygen atoms in total. The summed E-state index contributed by atoms with van der Waals surface area (Å²) in [6.45, 7) is 4.98. The molecule has 1 unspecified atom stereocenters. The number of rotatable bonds is 4. The van der Waals surface area contributed by atoms with Gasteiger partial charge in [-0.2, -0.15) is 5.23 Å². The van der Waals surface area contributed by atoms with Gasteiger partial charge in [0.2, 0.25) is 12.2 Å². The minimum Gasteiger partial charge on any atom is -0.595 e. The number of carbonyl (C=O) groups is 1. The molecule has 2 aliphatic heterocycles. The fraction of sp³-hybridized carbons (Fsp3) is 0.588. The van der Waals surface area contributed by atoms with E-state index in [-0.39, 0.29) is 18.2 Å². The number of aliphatic hydroxyl groups is 1. The van der Waals surface area contributed by atoms with E-state index in [1.165, 1.54) is 31.2 Å². The summed E-state index contributed by atoms with van der Waals surface area (Å²) in [7, 11) is 0. The lowest BCUT2D eigenvalue weighted by molar-refractivity contribution is -0.991. The van der Waals surface area contributed by atoms with Gasteiger partial charge in [0.25, 0.3) is 0 Å². The van der Waals surface area contributed by atoms with E-state index in [1.807, 2.05) is 0 Å². The second-order valence-electron chi connectivity index (χ2n) is 7.00. The lowest BCUT2D eigenvalue weighted by atomic mass is 9.95. The van der Waals surface area contributed by atoms with Gasteiger partial charge >= 0.3 is 0 Å². The number of hydrogen-bond acceptors (Lipinski definition) is 8. The van der Waals surface area contributed by atoms with Crippen LogP contribution in [0.1, 0.15) is 20.8 Å². The number of fused-ring (bicyclic) bond motifs is 1. The molecule has 27 heavy (non-hydrogen) atoms. The minimum absolute atomic E-state index is 0.113. The van der Waals surface area contributed by atoms with Crippen LogP contribution < -0.4 is 15.3 Å². The van der Waals surface area contributed by atoms with E-state index in [2.05, 4.69) is 5.32 Å². The van der Waals surface area contributed by atoms with Crippen molar-refractivity contribution in [2.75, 3.05) is 6.61 Å². The van der Waals surface area contributed by atoms with Gasteiger partial charge in [0.1, 0.15) is 30.1 Å². The number of aliphatic hydroxyl groups excluding tert-OH is 1. The van der Waals surface area contributed by atoms with E-state index >= 15 is 0 Å². The molecule has 2 aliphatic rings. The third-order valence-electron chi connectivity index (χ3n) is 4.41. The summed E-state index contributed by atoms with van der Waals surface area (Å²) in [5.41, 5.74) is 0.113. The summed E-state index contributed by atoms with van der Waals surface area (Å²) in [5.74, 6) is -0.904. The number of quaternary nitrogens is 1. The summed E-state index contributed by atoms with van der Waals surface area (Å²) in [6.07, 6.45) is -3.37. The fourth-order valence-electron chi connectivity index (χ4n) is 3.14. The Morgan fingerprint density at radius 1 is 1.37 bits per heavy atom. The molecule has 1 amide bonds. The number of amides is 1. The Morgan fingerprint density at radius 3 is 2.63 bits per heavy atom. The molecule has 3 rings (SSSR count). The predicted molar refractivity (Wildman–Crippen MR) is 90.0 cm³/mol. The zero-order chi connectivity index (χ0) is 19.8. The Labute approximate surface area is 156 Å². The molecule has 1 aromatic carbocycles. The van der Waals surface area contributed by atoms with Crippen molar-refractivity contribution in [2.45, 2.75) is 57.2 Å². The topological polar surface area (TPSA) is 134 Å². The molecule has 0 aromatic heterocycles. The second-order valence-corrected chi connectivity index (χ2v) is 7.00. The number of carbonyl (C=O) groups excluding carboxylic acids is 1. The first-order chi connectivity index (χ1) is 12.7. The van der Waals surface area contributed by atoms with Crippen LogP contribution in [0.2, 0.25) is 0 Å². The summed E-state index contributed by atoms with van der Waals surface area (Å²) in [6, 6.07) is 4.86. The Bertz CT molecular complexity index is 665. The lowest BCUT2D eigenvalue weighted by Gasteiger charge is -2.49. The van der Waals surface area contributed by atoms with Crippen molar-refractivity contribution in [3.05, 3.63) is 29.5 Å². The normalized spacial score (nSPS) is 33.6. The first-order valence-electron chi connectivity index (χ1n) is 8.59. The van der Waals surface area contributed by atoms with Gasteiger partial charge in [-0.3, -0.25) is 4.79 Å². The summed E-state index contributed by atoms with van der Waals surface area (Å²) in [4.78, 5) is 11.6. The molecule has 150 valence electrons. The van der Waals surface area contributed by atoms with Crippen molar-refractivity contribution in [1.29, 1.82) is 0 Å². The van der Waals surface area contributed by atoms with Gasteiger partial charge in [-0.1, -0.05) is 0 Å². The highest BCUT2D eigenvalue weighted by molar-refractivity contribution is 5.73. The highest BCUT2D eigenvalue weighted by atomic mass is 16.8. The zero-order valence-electron chi connectivity index (χ0n) is 15.2. The van der Waals surface area contributed by atoms with E-state index in [9.17, 15) is 15.1 Å². The monoisotopic (exact) mass is 384 g/mol. The zero-order valence-corrected chi connectivity index (χ0v) is 15.2. The molecule has 2 fully saturated rings. The number of benzene rings is 1. The van der Waals surface area contributed by atoms with Gasteiger partial charge in [-0.05, 0) is 26.0 Å². The Hall–Kier alpha value is -1.79. The second kappa shape index (κ2) is 7.68. The average Bonchev–Trinajstić information content (AvgIpc) is 2.59. The average molecular weight is 384 g/mol. The molecule has 0 saturated carbocycles. The molecule has 6 atom stereocenters. The smallest absolute Gasteiger partial charge is 0.223 e. The predicted octanol–water partition coefficient (Wildman–Crippen LogP) is -0.789. The first-order valence-corrected chi connectivity index (χ1v) is 8.59. The van der Waals surface area contributed by atoms with E-state index in [4.69, 9.17) is 24.2 Å². The SMILES string of the molecule is CC(=O)N[C@@H]1[C@H](Oc2ccc([NH+]([O-])O)cc2)O[C@@H]2COC(C)(C)O[C@@H]2[C@@H]1O. The van der Waals surface area contributed by atoms with E-state index in [0.29, 0.717) is 5.75 Å². The third-order valence-corrected chi connectivity index (χ3v) is 4.41. The van der Waals surface area contributed by atoms with Gasteiger partial charge < -0.3 is 34.6 Å². The molecule has 0 aliphatic carbocycles. The number of ether oxygens (including phenoxy) is 4. The Balaban J connectivity index is 1.78. The van der Waals surface area contributed by atoms with Crippen LogP contribution >= 0.6 is 0 Å². The van der Waals surface area contributed by atoms with Crippen LogP contribution in [-0.4, -0.2) is 59.3 Å². The summed E-state index contributed by atoms with van der Waals surface area (Å²) >= 11 is 0. The van der Waals surface area contributed by atoms with Gasteiger partial charge in [0, 0.05) is 19.1 Å². The van der Waals surface area contributed by atoms with E-state index in [0.717, 1.165) is 0 Å². The third kappa shape index (κ3) is 4.55. The Kier molecular flexibility index (Phi) is 5.68. The summed E-state index contributed by atoms with van der Waals surface area (Å²) < 4.78 is 23.0. The van der Waals surface area contributed by atoms with E-state index < -0.39 is 41.7 Å². The van der Waals surface area contributed by atoms with Crippen LogP contribution in [0.4, 0.5) is 5.69 Å². The largest absolute Gasteiger partial charge is 0.595 e. The van der Waals surface area contributed by atoms with Gasteiger partial charge in [0.05, 0.1) is 6.61 Å². The van der Waals surface area contributed by atoms with Crippen LogP contribution in [0.3, 0.4) is 0 Å². The molecule has 2 saturated heterocycles. The molecule has 4 N–H and O–H groups in total. The standard InChI is InChI=1S/C17H24N2O8/c1-9(20)18-13-14(21)15-12(8-24-17(2,3)27-15)26-16(13)25-11-6-4-10(5-7-11)19(22)23/h4-7,12-16,19,21-22H,8H2,1-3H3,(H,18,20)/t12-,13+,14-,15+,16-/m1/s1. The van der Waals surface area contributed by atoms with Crippen LogP contribution in [0.15, 0.2) is 24.3 Å². The Morgan fingerprint density at radius 2 is 2.04 bits per heavy atom. The first kappa shape index (κ1) is 20.0. The maximum Gasteiger partial charge on any atom is 0.223 e. The molecular weight excluding hydrogens is 360 g/mol. The minimum atomic E-state index is -1.08. The number of nitrogens with one attached hydrogen (secondary N) is 2. The van der Waals surface area contributed by atoms with Gasteiger partial charge in [0.15, 0.2) is 11.5 Å². The van der Waals surface area contributed by atoms with Crippen molar-refractivity contribution in [1.82, 2.24) is 5.32 Å². The van der Waals surface area contributed by atoms with Crippen molar-refractivity contribution in [3.8, 4) is 5.75 Å². The number of hydrogen-bond donors (Lipinski definition) is 4. The molecule has 2 heterocycles. The van der Waals surface area contributed by atoms with Crippen LogP contribution in [-0.2, 0) is 19.0 Å². The van der Waals surface area contributed by atoms with Crippen molar-refractivity contribution in [3.63, 3.8) is 0 Å². The molecule has 1 aromatic rings. The van der Waals surface area contributed by atoms with Crippen molar-refractivity contribution in [2.24, 2.45) is 0 Å². The van der Waals surface area contributed by atoms with Gasteiger partial charge in [-0.15, -0.1) is 0 Å². The maximum atomic E-state index is 11.6. The quantitative estimate of drug-likeness (QED) is 0.496. The van der Waals surface area contributed by atoms with Crippen molar-refractivity contribution >= 4 is 11.6 Å². The molecule has 0 bridgehead atoms. The summed E-state index contributed by atoms with van der Waals surface area (Å²) in [5, 5.41) is 32.3. The highest BCUT2D eigenvalue weighted by Gasteiger charge is 2.52. The lowest BCUT2D eigenvalue weighted by Crippen LogP contribution is -2.99. The molecule has 0 radical (unpaired) electrons. The van der Waals surface area contributed by atoms with Crippen LogP contribution in [0.5, 0.6) is 5.75 Å². The van der Waals surface area contributed by atoms with Crippen LogP contribution in [0.25, 0.3) is 0 Å². The maximum absolute atomic E-state index is 11.6. The molecule has 0 spiro atoms. The van der Waals surface area contributed by atoms with Crippen molar-refractivity contribution < 1.29 is 39.3 Å². The molecule has 10 heteroatoms. The van der Waals surface area contributed by atoms with Crippen LogP contribution in [0, 0.1) is 5.21 Å². The van der Waals surface area contributed by atoms with E-state index in [1.54, 1.807) is 13.8 Å². The van der Waals surface area contributed by atoms with Gasteiger partial charge in [-0.25, -0.2) is 5.21 Å².